The Morgan fingerprint density at radius 2 is 2.19 bits per heavy atom. The Balaban J connectivity index is 1.98. The minimum atomic E-state index is -4.44. The van der Waals surface area contributed by atoms with Crippen molar-refractivity contribution >= 4 is 5.91 Å². The normalized spacial score (nSPS) is 19.3. The quantitative estimate of drug-likeness (QED) is 0.932. The molecule has 4 nitrogen and oxygen atoms in total. The monoisotopic (exact) mass is 301 g/mol. The van der Waals surface area contributed by atoms with Crippen LogP contribution in [-0.2, 0) is 6.18 Å². The van der Waals surface area contributed by atoms with Gasteiger partial charge in [0.25, 0.3) is 5.91 Å². The van der Waals surface area contributed by atoms with E-state index in [-0.39, 0.29) is 17.6 Å². The molecule has 0 aliphatic carbocycles. The fraction of sp³-hybridized carbons (Fsp3) is 0.571. The van der Waals surface area contributed by atoms with Gasteiger partial charge in [-0.15, -0.1) is 0 Å². The highest BCUT2D eigenvalue weighted by atomic mass is 19.4. The summed E-state index contributed by atoms with van der Waals surface area (Å²) in [5.41, 5.74) is -0.822. The smallest absolute Gasteiger partial charge is 0.339 e. The molecule has 116 valence electrons. The van der Waals surface area contributed by atoms with Crippen molar-refractivity contribution in [2.75, 3.05) is 20.1 Å². The number of rotatable bonds is 3. The van der Waals surface area contributed by atoms with Gasteiger partial charge in [0.05, 0.1) is 5.56 Å². The van der Waals surface area contributed by atoms with Gasteiger partial charge in [-0.3, -0.25) is 9.78 Å². The molecule has 0 aromatic carbocycles. The molecular formula is C14H18F3N3O. The maximum absolute atomic E-state index is 12.4. The first kappa shape index (κ1) is 15.8. The number of piperidine rings is 1. The van der Waals surface area contributed by atoms with E-state index in [1.54, 1.807) is 7.05 Å². The van der Waals surface area contributed by atoms with Crippen LogP contribution < -0.4 is 5.32 Å². The number of pyridine rings is 1. The lowest BCUT2D eigenvalue weighted by molar-refractivity contribution is -0.137. The number of halogens is 3. The molecule has 1 aliphatic rings. The Morgan fingerprint density at radius 3 is 2.71 bits per heavy atom. The molecule has 1 unspecified atom stereocenters. The van der Waals surface area contributed by atoms with Gasteiger partial charge in [0.15, 0.2) is 0 Å². The second-order valence-electron chi connectivity index (χ2n) is 5.26. The van der Waals surface area contributed by atoms with Crippen molar-refractivity contribution in [3.05, 3.63) is 29.6 Å². The fourth-order valence-electron chi connectivity index (χ4n) is 2.38. The summed E-state index contributed by atoms with van der Waals surface area (Å²) in [5.74, 6) is -0.365. The number of hydrogen-bond acceptors (Lipinski definition) is 3. The van der Waals surface area contributed by atoms with Gasteiger partial charge >= 0.3 is 6.18 Å². The van der Waals surface area contributed by atoms with Gasteiger partial charge in [-0.2, -0.15) is 13.2 Å². The van der Waals surface area contributed by atoms with Crippen molar-refractivity contribution in [3.8, 4) is 0 Å². The standard InChI is InChI=1S/C14H18F3N3O/c1-20(9-11-4-2-3-7-18-11)13(21)12-6-5-10(8-19-12)14(15,16)17/h5-6,8,11,18H,2-4,7,9H2,1H3. The second kappa shape index (κ2) is 6.43. The Kier molecular flexibility index (Phi) is 4.82. The molecule has 0 saturated carbocycles. The summed E-state index contributed by atoms with van der Waals surface area (Å²) >= 11 is 0. The van der Waals surface area contributed by atoms with Gasteiger partial charge in [-0.1, -0.05) is 6.42 Å². The van der Waals surface area contributed by atoms with Gasteiger partial charge < -0.3 is 10.2 Å². The van der Waals surface area contributed by atoms with Crippen LogP contribution in [0.25, 0.3) is 0 Å². The molecule has 1 N–H and O–H groups in total. The van der Waals surface area contributed by atoms with Crippen molar-refractivity contribution < 1.29 is 18.0 Å². The first-order valence-corrected chi connectivity index (χ1v) is 6.90. The third-order valence-corrected chi connectivity index (χ3v) is 3.56. The van der Waals surface area contributed by atoms with E-state index < -0.39 is 11.7 Å². The maximum Gasteiger partial charge on any atom is 0.417 e. The van der Waals surface area contributed by atoms with Gasteiger partial charge in [0.2, 0.25) is 0 Å². The first-order valence-electron chi connectivity index (χ1n) is 6.90. The van der Waals surface area contributed by atoms with Crippen LogP contribution >= 0.6 is 0 Å². The number of aromatic nitrogens is 1. The number of nitrogens with one attached hydrogen (secondary N) is 1. The Bertz CT molecular complexity index is 481. The van der Waals surface area contributed by atoms with E-state index in [4.69, 9.17) is 0 Å². The van der Waals surface area contributed by atoms with E-state index in [9.17, 15) is 18.0 Å². The lowest BCUT2D eigenvalue weighted by Crippen LogP contribution is -2.44. The van der Waals surface area contributed by atoms with Crippen LogP contribution in [0, 0.1) is 0 Å². The molecule has 0 bridgehead atoms. The van der Waals surface area contributed by atoms with Crippen LogP contribution in [0.2, 0.25) is 0 Å². The minimum absolute atomic E-state index is 0.0290. The van der Waals surface area contributed by atoms with Crippen LogP contribution in [-0.4, -0.2) is 42.0 Å². The molecule has 1 aliphatic heterocycles. The Morgan fingerprint density at radius 1 is 1.43 bits per heavy atom. The SMILES string of the molecule is CN(CC1CCCCN1)C(=O)c1ccc(C(F)(F)F)cn1. The largest absolute Gasteiger partial charge is 0.417 e. The average Bonchev–Trinajstić information content (AvgIpc) is 2.46. The summed E-state index contributed by atoms with van der Waals surface area (Å²) in [6.07, 6.45) is -0.489. The van der Waals surface area contributed by atoms with Gasteiger partial charge in [0, 0.05) is 25.8 Å². The molecule has 1 aromatic heterocycles. The first-order chi connectivity index (χ1) is 9.88. The van der Waals surface area contributed by atoms with Crippen LogP contribution in [0.1, 0.15) is 35.3 Å². The Hall–Kier alpha value is -1.63. The molecule has 2 heterocycles. The van der Waals surface area contributed by atoms with Gasteiger partial charge in [-0.25, -0.2) is 0 Å². The summed E-state index contributed by atoms with van der Waals surface area (Å²) in [7, 11) is 1.64. The zero-order valence-corrected chi connectivity index (χ0v) is 11.8. The summed E-state index contributed by atoms with van der Waals surface area (Å²) < 4.78 is 37.3. The fourth-order valence-corrected chi connectivity index (χ4v) is 2.38. The van der Waals surface area contributed by atoms with Gasteiger partial charge in [0.1, 0.15) is 5.69 Å². The van der Waals surface area contributed by atoms with Crippen LogP contribution in [0.4, 0.5) is 13.2 Å². The van der Waals surface area contributed by atoms with E-state index in [1.165, 1.54) is 4.90 Å². The predicted molar refractivity (Wildman–Crippen MR) is 71.8 cm³/mol. The van der Waals surface area contributed by atoms with Crippen molar-refractivity contribution in [3.63, 3.8) is 0 Å². The number of alkyl halides is 3. The van der Waals surface area contributed by atoms with Crippen LogP contribution in [0.5, 0.6) is 0 Å². The minimum Gasteiger partial charge on any atom is -0.339 e. The van der Waals surface area contributed by atoms with Crippen molar-refractivity contribution in [1.82, 2.24) is 15.2 Å². The Labute approximate surface area is 121 Å². The summed E-state index contributed by atoms with van der Waals surface area (Å²) in [4.78, 5) is 17.3. The number of carbonyl (C=O) groups is 1. The van der Waals surface area contributed by atoms with E-state index in [1.807, 2.05) is 0 Å². The van der Waals surface area contributed by atoms with Crippen LogP contribution in [0.15, 0.2) is 18.3 Å². The van der Waals surface area contributed by atoms with E-state index in [2.05, 4.69) is 10.3 Å². The zero-order chi connectivity index (χ0) is 15.5. The van der Waals surface area contributed by atoms with E-state index >= 15 is 0 Å². The number of likely N-dealkylation sites (N-methyl/N-ethyl adjacent to an activating group) is 1. The highest BCUT2D eigenvalue weighted by Gasteiger charge is 2.31. The molecule has 21 heavy (non-hydrogen) atoms. The molecule has 1 amide bonds. The number of amides is 1. The van der Waals surface area contributed by atoms with Crippen molar-refractivity contribution in [2.45, 2.75) is 31.5 Å². The maximum atomic E-state index is 12.4. The molecule has 1 saturated heterocycles. The molecule has 2 rings (SSSR count). The molecule has 0 spiro atoms. The molecule has 1 atom stereocenters. The van der Waals surface area contributed by atoms with Crippen molar-refractivity contribution in [1.29, 1.82) is 0 Å². The molecular weight excluding hydrogens is 283 g/mol. The van der Waals surface area contributed by atoms with E-state index in [0.717, 1.165) is 37.9 Å². The number of hydrogen-bond donors (Lipinski definition) is 1. The summed E-state index contributed by atoms with van der Waals surface area (Å²) in [6, 6.07) is 2.24. The molecule has 7 heteroatoms. The highest BCUT2D eigenvalue weighted by molar-refractivity contribution is 5.92. The zero-order valence-electron chi connectivity index (χ0n) is 11.8. The molecule has 1 fully saturated rings. The number of nitrogens with zero attached hydrogens (tertiary/aromatic N) is 2. The predicted octanol–water partition coefficient (Wildman–Crippen LogP) is 2.31. The average molecular weight is 301 g/mol. The second-order valence-corrected chi connectivity index (χ2v) is 5.26. The summed E-state index contributed by atoms with van der Waals surface area (Å²) in [6.45, 7) is 1.47. The summed E-state index contributed by atoms with van der Waals surface area (Å²) in [5, 5.41) is 3.32. The third kappa shape index (κ3) is 4.17. The van der Waals surface area contributed by atoms with Crippen molar-refractivity contribution in [2.24, 2.45) is 0 Å². The highest BCUT2D eigenvalue weighted by Crippen LogP contribution is 2.28. The molecule has 1 aromatic rings. The lowest BCUT2D eigenvalue weighted by Gasteiger charge is -2.28. The topological polar surface area (TPSA) is 45.2 Å². The third-order valence-electron chi connectivity index (χ3n) is 3.56. The lowest BCUT2D eigenvalue weighted by atomic mass is 10.0. The van der Waals surface area contributed by atoms with E-state index in [0.29, 0.717) is 12.7 Å². The van der Waals surface area contributed by atoms with Gasteiger partial charge in [-0.05, 0) is 31.5 Å². The van der Waals surface area contributed by atoms with Crippen LogP contribution in [0.3, 0.4) is 0 Å². The number of carbonyl (C=O) groups excluding carboxylic acids is 1. The molecule has 0 radical (unpaired) electrons.